The number of urea groups is 1. The van der Waals surface area contributed by atoms with Crippen molar-refractivity contribution < 1.29 is 24.2 Å². The van der Waals surface area contributed by atoms with Gasteiger partial charge in [0.15, 0.2) is 6.61 Å². The summed E-state index contributed by atoms with van der Waals surface area (Å²) in [5, 5.41) is 11.3. The lowest BCUT2D eigenvalue weighted by atomic mass is 10.3. The zero-order chi connectivity index (χ0) is 14.4. The number of morpholine rings is 1. The molecule has 0 aliphatic carbocycles. The summed E-state index contributed by atoms with van der Waals surface area (Å²) in [6.07, 6.45) is 0. The second kappa shape index (κ2) is 6.76. The first kappa shape index (κ1) is 14.1. The molecule has 0 spiro atoms. The van der Waals surface area contributed by atoms with Gasteiger partial charge in [0.05, 0.1) is 13.2 Å². The highest BCUT2D eigenvalue weighted by Crippen LogP contribution is 2.17. The summed E-state index contributed by atoms with van der Waals surface area (Å²) in [4.78, 5) is 24.1. The zero-order valence-electron chi connectivity index (χ0n) is 10.9. The Balaban J connectivity index is 1.93. The molecule has 1 aliphatic rings. The number of carboxylic acid groups (broad SMARTS) is 1. The van der Waals surface area contributed by atoms with Gasteiger partial charge in [-0.3, -0.25) is 0 Å². The first-order valence-corrected chi connectivity index (χ1v) is 6.23. The highest BCUT2D eigenvalue weighted by molar-refractivity contribution is 5.89. The summed E-state index contributed by atoms with van der Waals surface area (Å²) in [6.45, 7) is 1.77. The van der Waals surface area contributed by atoms with Crippen LogP contribution in [0.3, 0.4) is 0 Å². The number of carbonyl (C=O) groups is 2. The van der Waals surface area contributed by atoms with Gasteiger partial charge in [0.2, 0.25) is 0 Å². The maximum Gasteiger partial charge on any atom is 0.341 e. The fourth-order valence-electron chi connectivity index (χ4n) is 1.78. The number of ether oxygens (including phenoxy) is 2. The number of benzene rings is 1. The number of hydrogen-bond donors (Lipinski definition) is 2. The molecule has 1 fully saturated rings. The van der Waals surface area contributed by atoms with Gasteiger partial charge in [-0.1, -0.05) is 6.07 Å². The third-order valence-electron chi connectivity index (χ3n) is 2.75. The number of amides is 2. The smallest absolute Gasteiger partial charge is 0.341 e. The number of nitrogens with one attached hydrogen (secondary N) is 1. The second-order valence-electron chi connectivity index (χ2n) is 4.24. The molecule has 1 aliphatic heterocycles. The van der Waals surface area contributed by atoms with Gasteiger partial charge in [-0.2, -0.15) is 0 Å². The molecule has 1 aromatic rings. The van der Waals surface area contributed by atoms with Gasteiger partial charge in [0.25, 0.3) is 0 Å². The van der Waals surface area contributed by atoms with E-state index in [4.69, 9.17) is 14.6 Å². The molecule has 0 aromatic heterocycles. The third-order valence-corrected chi connectivity index (χ3v) is 2.75. The van der Waals surface area contributed by atoms with Crippen molar-refractivity contribution in [2.75, 3.05) is 38.2 Å². The Morgan fingerprint density at radius 3 is 2.80 bits per heavy atom. The number of aliphatic carboxylic acids is 1. The van der Waals surface area contributed by atoms with Crippen LogP contribution in [-0.4, -0.2) is 54.9 Å². The molecular weight excluding hydrogens is 264 g/mol. The molecule has 0 unspecified atom stereocenters. The van der Waals surface area contributed by atoms with Crippen molar-refractivity contribution in [3.8, 4) is 5.75 Å². The minimum atomic E-state index is -1.05. The molecule has 2 amide bonds. The predicted octanol–water partition coefficient (Wildman–Crippen LogP) is 1.01. The van der Waals surface area contributed by atoms with Gasteiger partial charge in [-0.15, -0.1) is 0 Å². The van der Waals surface area contributed by atoms with Crippen LogP contribution in [0.5, 0.6) is 5.75 Å². The maximum absolute atomic E-state index is 12.0. The zero-order valence-corrected chi connectivity index (χ0v) is 10.9. The number of nitrogens with zero attached hydrogens (tertiary/aromatic N) is 1. The normalized spacial score (nSPS) is 14.7. The molecule has 2 N–H and O–H groups in total. The van der Waals surface area contributed by atoms with E-state index in [1.165, 1.54) is 0 Å². The Bertz CT molecular complexity index is 485. The van der Waals surface area contributed by atoms with E-state index >= 15 is 0 Å². The number of hydrogen-bond acceptors (Lipinski definition) is 4. The van der Waals surface area contributed by atoms with E-state index in [0.717, 1.165) is 0 Å². The summed E-state index contributed by atoms with van der Waals surface area (Å²) in [7, 11) is 0. The van der Waals surface area contributed by atoms with Gasteiger partial charge in [0, 0.05) is 24.8 Å². The van der Waals surface area contributed by atoms with Gasteiger partial charge in [0.1, 0.15) is 5.75 Å². The van der Waals surface area contributed by atoms with Crippen LogP contribution in [0.4, 0.5) is 10.5 Å². The molecule has 108 valence electrons. The molecule has 2 rings (SSSR count). The van der Waals surface area contributed by atoms with Crippen LogP contribution in [0.25, 0.3) is 0 Å². The molecule has 7 heteroatoms. The average molecular weight is 280 g/mol. The summed E-state index contributed by atoms with van der Waals surface area (Å²) < 4.78 is 10.2. The van der Waals surface area contributed by atoms with E-state index < -0.39 is 12.6 Å². The van der Waals surface area contributed by atoms with E-state index in [1.54, 1.807) is 29.2 Å². The Kier molecular flexibility index (Phi) is 4.78. The standard InChI is InChI=1S/C13H16N2O5/c16-12(17)9-20-11-3-1-2-10(8-11)14-13(18)15-4-6-19-7-5-15/h1-3,8H,4-7,9H2,(H,14,18)(H,16,17). The van der Waals surface area contributed by atoms with Crippen LogP contribution in [0.15, 0.2) is 24.3 Å². The maximum atomic E-state index is 12.0. The quantitative estimate of drug-likeness (QED) is 0.859. The predicted molar refractivity (Wildman–Crippen MR) is 71.0 cm³/mol. The van der Waals surface area contributed by atoms with Crippen molar-refractivity contribution in [2.45, 2.75) is 0 Å². The lowest BCUT2D eigenvalue weighted by Gasteiger charge is -2.26. The SMILES string of the molecule is O=C(O)COc1cccc(NC(=O)N2CCOCC2)c1. The first-order chi connectivity index (χ1) is 9.65. The van der Waals surface area contributed by atoms with Gasteiger partial charge < -0.3 is 24.8 Å². The van der Waals surface area contributed by atoms with Gasteiger partial charge in [-0.05, 0) is 12.1 Å². The topological polar surface area (TPSA) is 88.1 Å². The Morgan fingerprint density at radius 2 is 2.10 bits per heavy atom. The van der Waals surface area contributed by atoms with Crippen molar-refractivity contribution >= 4 is 17.7 Å². The molecular formula is C13H16N2O5. The van der Waals surface area contributed by atoms with Crippen LogP contribution in [-0.2, 0) is 9.53 Å². The molecule has 7 nitrogen and oxygen atoms in total. The fourth-order valence-corrected chi connectivity index (χ4v) is 1.78. The van der Waals surface area contributed by atoms with Crippen LogP contribution >= 0.6 is 0 Å². The minimum absolute atomic E-state index is 0.205. The second-order valence-corrected chi connectivity index (χ2v) is 4.24. The molecule has 0 atom stereocenters. The summed E-state index contributed by atoms with van der Waals surface area (Å²) in [6, 6.07) is 6.41. The van der Waals surface area contributed by atoms with Crippen LogP contribution < -0.4 is 10.1 Å². The summed E-state index contributed by atoms with van der Waals surface area (Å²) >= 11 is 0. The molecule has 0 radical (unpaired) electrons. The van der Waals surface area contributed by atoms with Gasteiger partial charge >= 0.3 is 12.0 Å². The van der Waals surface area contributed by atoms with Gasteiger partial charge in [-0.25, -0.2) is 9.59 Å². The van der Waals surface area contributed by atoms with Crippen molar-refractivity contribution in [2.24, 2.45) is 0 Å². The highest BCUT2D eigenvalue weighted by Gasteiger charge is 2.16. The molecule has 0 bridgehead atoms. The van der Waals surface area contributed by atoms with Crippen LogP contribution in [0, 0.1) is 0 Å². The van der Waals surface area contributed by atoms with Crippen LogP contribution in [0.2, 0.25) is 0 Å². The Morgan fingerprint density at radius 1 is 1.35 bits per heavy atom. The van der Waals surface area contributed by atoms with Crippen molar-refractivity contribution in [3.05, 3.63) is 24.3 Å². The first-order valence-electron chi connectivity index (χ1n) is 6.23. The average Bonchev–Trinajstić information content (AvgIpc) is 2.46. The van der Waals surface area contributed by atoms with Crippen molar-refractivity contribution in [3.63, 3.8) is 0 Å². The van der Waals surface area contributed by atoms with E-state index in [-0.39, 0.29) is 6.03 Å². The highest BCUT2D eigenvalue weighted by atomic mass is 16.5. The lowest BCUT2D eigenvalue weighted by molar-refractivity contribution is -0.139. The number of rotatable bonds is 4. The van der Waals surface area contributed by atoms with Crippen LogP contribution in [0.1, 0.15) is 0 Å². The van der Waals surface area contributed by atoms with E-state index in [2.05, 4.69) is 5.32 Å². The number of carboxylic acids is 1. The molecule has 0 saturated carbocycles. The summed E-state index contributed by atoms with van der Waals surface area (Å²) in [5.41, 5.74) is 0.560. The minimum Gasteiger partial charge on any atom is -0.482 e. The lowest BCUT2D eigenvalue weighted by Crippen LogP contribution is -2.43. The molecule has 1 aromatic carbocycles. The molecule has 1 saturated heterocycles. The monoisotopic (exact) mass is 280 g/mol. The Hall–Kier alpha value is -2.28. The number of anilines is 1. The Labute approximate surface area is 116 Å². The summed E-state index contributed by atoms with van der Waals surface area (Å²) in [5.74, 6) is -0.653. The van der Waals surface area contributed by atoms with Crippen molar-refractivity contribution in [1.29, 1.82) is 0 Å². The van der Waals surface area contributed by atoms with E-state index in [9.17, 15) is 9.59 Å². The van der Waals surface area contributed by atoms with E-state index in [0.29, 0.717) is 37.7 Å². The van der Waals surface area contributed by atoms with Crippen molar-refractivity contribution in [1.82, 2.24) is 4.90 Å². The fraction of sp³-hybridized carbons (Fsp3) is 0.385. The third kappa shape index (κ3) is 4.13. The molecule has 1 heterocycles. The van der Waals surface area contributed by atoms with E-state index in [1.807, 2.05) is 0 Å². The largest absolute Gasteiger partial charge is 0.482 e. The molecule has 20 heavy (non-hydrogen) atoms. The number of carbonyl (C=O) groups excluding carboxylic acids is 1.